The zero-order valence-electron chi connectivity index (χ0n) is 10.5. The Morgan fingerprint density at radius 1 is 1.13 bits per heavy atom. The highest BCUT2D eigenvalue weighted by molar-refractivity contribution is 6.60. The van der Waals surface area contributed by atoms with Crippen molar-refractivity contribution in [3.63, 3.8) is 0 Å². The molecular formula is C10H25NO3Si. The summed E-state index contributed by atoms with van der Waals surface area (Å²) in [5.41, 5.74) is 0. The highest BCUT2D eigenvalue weighted by Gasteiger charge is 2.37. The molecule has 0 atom stereocenters. The van der Waals surface area contributed by atoms with Crippen LogP contribution in [0.2, 0.25) is 6.04 Å². The molecule has 0 aromatic carbocycles. The Labute approximate surface area is 94.7 Å². The van der Waals surface area contributed by atoms with E-state index >= 15 is 0 Å². The second-order valence-corrected chi connectivity index (χ2v) is 6.47. The van der Waals surface area contributed by atoms with Crippen molar-refractivity contribution in [2.75, 3.05) is 34.4 Å². The van der Waals surface area contributed by atoms with Crippen LogP contribution in [0.4, 0.5) is 0 Å². The molecule has 5 heteroatoms. The van der Waals surface area contributed by atoms with Crippen LogP contribution < -0.4 is 5.32 Å². The number of nitrogens with one attached hydrogen (secondary N) is 1. The highest BCUT2D eigenvalue weighted by atomic mass is 28.4. The first-order valence-electron chi connectivity index (χ1n) is 5.63. The largest absolute Gasteiger partial charge is 0.500 e. The molecule has 0 spiro atoms. The fourth-order valence-corrected chi connectivity index (χ4v) is 3.44. The first kappa shape index (κ1) is 15.1. The van der Waals surface area contributed by atoms with Crippen molar-refractivity contribution >= 4 is 8.80 Å². The van der Waals surface area contributed by atoms with E-state index in [9.17, 15) is 0 Å². The minimum atomic E-state index is -2.32. The zero-order chi connectivity index (χ0) is 11.6. The lowest BCUT2D eigenvalue weighted by atomic mass is 10.3. The summed E-state index contributed by atoms with van der Waals surface area (Å²) in [7, 11) is 2.99. The average Bonchev–Trinajstić information content (AvgIpc) is 2.27. The van der Waals surface area contributed by atoms with Gasteiger partial charge in [-0.3, -0.25) is 0 Å². The van der Waals surface area contributed by atoms with Crippen LogP contribution in [0.5, 0.6) is 0 Å². The number of hydrogen-bond donors (Lipinski definition) is 1. The van der Waals surface area contributed by atoms with E-state index in [4.69, 9.17) is 13.3 Å². The molecule has 0 aliphatic carbocycles. The van der Waals surface area contributed by atoms with Gasteiger partial charge >= 0.3 is 8.80 Å². The maximum atomic E-state index is 5.78. The summed E-state index contributed by atoms with van der Waals surface area (Å²) >= 11 is 0. The van der Waals surface area contributed by atoms with Crippen LogP contribution in [0.25, 0.3) is 0 Å². The predicted octanol–water partition coefficient (Wildman–Crippen LogP) is 1.64. The molecule has 0 bridgehead atoms. The fraction of sp³-hybridized carbons (Fsp3) is 1.00. The summed E-state index contributed by atoms with van der Waals surface area (Å²) in [6, 6.07) is 0.895. The molecule has 92 valence electrons. The fourth-order valence-electron chi connectivity index (χ4n) is 1.42. The smallest absolute Gasteiger partial charge is 0.377 e. The maximum Gasteiger partial charge on any atom is 0.500 e. The van der Waals surface area contributed by atoms with Gasteiger partial charge < -0.3 is 18.6 Å². The molecule has 0 aromatic rings. The Balaban J connectivity index is 3.74. The van der Waals surface area contributed by atoms with Crippen LogP contribution in [0.15, 0.2) is 0 Å². The molecule has 0 fully saturated rings. The molecule has 0 aliphatic rings. The van der Waals surface area contributed by atoms with Crippen molar-refractivity contribution < 1.29 is 13.3 Å². The number of rotatable bonds is 10. The lowest BCUT2D eigenvalue weighted by Gasteiger charge is -2.25. The van der Waals surface area contributed by atoms with Crippen molar-refractivity contribution in [1.82, 2.24) is 5.32 Å². The van der Waals surface area contributed by atoms with E-state index in [1.165, 1.54) is 0 Å². The number of hydrogen-bond acceptors (Lipinski definition) is 4. The van der Waals surface area contributed by atoms with Gasteiger partial charge in [-0.1, -0.05) is 13.3 Å². The van der Waals surface area contributed by atoms with Crippen molar-refractivity contribution in [3.8, 4) is 0 Å². The minimum absolute atomic E-state index is 0.732. The summed E-state index contributed by atoms with van der Waals surface area (Å²) in [4.78, 5) is 0. The summed E-state index contributed by atoms with van der Waals surface area (Å²) in [6.45, 7) is 3.88. The predicted molar refractivity (Wildman–Crippen MR) is 64.0 cm³/mol. The Bertz CT molecular complexity index is 143. The number of unbranched alkanes of at least 4 members (excludes halogenated alkanes) is 1. The van der Waals surface area contributed by atoms with Crippen LogP contribution in [0.1, 0.15) is 26.2 Å². The van der Waals surface area contributed by atoms with Gasteiger partial charge in [0, 0.05) is 26.9 Å². The van der Waals surface area contributed by atoms with Crippen LogP contribution in [-0.4, -0.2) is 43.2 Å². The van der Waals surface area contributed by atoms with Gasteiger partial charge in [0.2, 0.25) is 0 Å². The zero-order valence-corrected chi connectivity index (χ0v) is 11.5. The van der Waals surface area contributed by atoms with E-state index < -0.39 is 8.80 Å². The van der Waals surface area contributed by atoms with Crippen molar-refractivity contribution in [2.24, 2.45) is 0 Å². The third-order valence-electron chi connectivity index (χ3n) is 2.32. The van der Waals surface area contributed by atoms with E-state index in [-0.39, 0.29) is 0 Å². The van der Waals surface area contributed by atoms with Gasteiger partial charge in [0.1, 0.15) is 0 Å². The minimum Gasteiger partial charge on any atom is -0.377 e. The average molecular weight is 235 g/mol. The molecule has 0 rings (SSSR count). The molecule has 4 nitrogen and oxygen atoms in total. The van der Waals surface area contributed by atoms with Crippen LogP contribution in [0, 0.1) is 0 Å². The molecule has 0 saturated carbocycles. The third kappa shape index (κ3) is 6.27. The van der Waals surface area contributed by atoms with Gasteiger partial charge in [0.25, 0.3) is 0 Å². The normalized spacial score (nSPS) is 12.0. The van der Waals surface area contributed by atoms with Crippen molar-refractivity contribution in [1.29, 1.82) is 0 Å². The van der Waals surface area contributed by atoms with E-state index in [0.29, 0.717) is 0 Å². The van der Waals surface area contributed by atoms with Crippen LogP contribution >= 0.6 is 0 Å². The van der Waals surface area contributed by atoms with Gasteiger partial charge in [0.15, 0.2) is 0 Å². The second-order valence-electron chi connectivity index (χ2n) is 3.50. The SMILES string of the molecule is CCC[Si](OC)(OC)OCCCCNC. The van der Waals surface area contributed by atoms with Crippen molar-refractivity contribution in [3.05, 3.63) is 0 Å². The summed E-state index contributed by atoms with van der Waals surface area (Å²) in [5.74, 6) is 0. The maximum absolute atomic E-state index is 5.78. The standard InChI is InChI=1S/C10H25NO3Si/c1-5-10-15(12-3,13-4)14-9-7-6-8-11-2/h11H,5-10H2,1-4H3. The second kappa shape index (κ2) is 9.29. The Hall–Kier alpha value is 0.0569. The Kier molecular flexibility index (Phi) is 9.33. The van der Waals surface area contributed by atoms with E-state index in [2.05, 4.69) is 12.2 Å². The molecule has 0 aromatic heterocycles. The van der Waals surface area contributed by atoms with Gasteiger partial charge in [-0.2, -0.15) is 0 Å². The molecule has 15 heavy (non-hydrogen) atoms. The van der Waals surface area contributed by atoms with Crippen molar-refractivity contribution in [2.45, 2.75) is 32.2 Å². The van der Waals surface area contributed by atoms with E-state index in [1.807, 2.05) is 7.05 Å². The topological polar surface area (TPSA) is 39.7 Å². The lowest BCUT2D eigenvalue weighted by molar-refractivity contribution is 0.0963. The molecule has 0 heterocycles. The molecule has 0 amide bonds. The molecular weight excluding hydrogens is 210 g/mol. The van der Waals surface area contributed by atoms with Gasteiger partial charge in [0.05, 0.1) is 0 Å². The third-order valence-corrected chi connectivity index (χ3v) is 5.32. The van der Waals surface area contributed by atoms with Gasteiger partial charge in [-0.05, 0) is 26.4 Å². The first-order chi connectivity index (χ1) is 7.24. The lowest BCUT2D eigenvalue weighted by Crippen LogP contribution is -2.43. The summed E-state index contributed by atoms with van der Waals surface area (Å²) < 4.78 is 16.6. The van der Waals surface area contributed by atoms with Crippen LogP contribution in [0.3, 0.4) is 0 Å². The summed E-state index contributed by atoms with van der Waals surface area (Å²) in [6.07, 6.45) is 3.21. The monoisotopic (exact) mass is 235 g/mol. The highest BCUT2D eigenvalue weighted by Crippen LogP contribution is 2.16. The van der Waals surface area contributed by atoms with Gasteiger partial charge in [-0.15, -0.1) is 0 Å². The van der Waals surface area contributed by atoms with E-state index in [1.54, 1.807) is 14.2 Å². The van der Waals surface area contributed by atoms with E-state index in [0.717, 1.165) is 38.5 Å². The van der Waals surface area contributed by atoms with Gasteiger partial charge in [-0.25, -0.2) is 0 Å². The first-order valence-corrected chi connectivity index (χ1v) is 7.56. The molecule has 0 radical (unpaired) electrons. The molecule has 0 aliphatic heterocycles. The quantitative estimate of drug-likeness (QED) is 0.462. The molecule has 1 N–H and O–H groups in total. The summed E-state index contributed by atoms with van der Waals surface area (Å²) in [5, 5.41) is 3.11. The Morgan fingerprint density at radius 2 is 1.80 bits per heavy atom. The Morgan fingerprint density at radius 3 is 2.27 bits per heavy atom. The molecule has 0 saturated heterocycles. The molecule has 0 unspecified atom stereocenters. The van der Waals surface area contributed by atoms with Crippen LogP contribution in [-0.2, 0) is 13.3 Å².